The molecule has 0 amide bonds. The van der Waals surface area contributed by atoms with Gasteiger partial charge in [-0.2, -0.15) is 9.41 Å². The minimum absolute atomic E-state index is 0.0889. The molecule has 1 saturated heterocycles. The highest BCUT2D eigenvalue weighted by molar-refractivity contribution is 9.11. The van der Waals surface area contributed by atoms with Crippen molar-refractivity contribution in [2.24, 2.45) is 10.1 Å². The topological polar surface area (TPSA) is 96.5 Å². The summed E-state index contributed by atoms with van der Waals surface area (Å²) < 4.78 is 35.3. The predicted molar refractivity (Wildman–Crippen MR) is 135 cm³/mol. The SMILES string of the molecule is Cc1csc(=Nc2ccc(S(=O)(=O)N3CCOCC3)cc2)n1N=Cc1cc(Br)cc(Br)c1O. The fourth-order valence-electron chi connectivity index (χ4n) is 3.15. The maximum absolute atomic E-state index is 12.8. The lowest BCUT2D eigenvalue weighted by Gasteiger charge is -2.26. The highest BCUT2D eigenvalue weighted by atomic mass is 79.9. The number of phenolic OH excluding ortho intramolecular Hbond substituents is 1. The largest absolute Gasteiger partial charge is 0.506 e. The second-order valence-electron chi connectivity index (χ2n) is 7.16. The molecule has 0 saturated carbocycles. The Kier molecular flexibility index (Phi) is 7.51. The average molecular weight is 616 g/mol. The Balaban J connectivity index is 1.62. The van der Waals surface area contributed by atoms with Crippen LogP contribution < -0.4 is 4.80 Å². The van der Waals surface area contributed by atoms with Gasteiger partial charge in [-0.3, -0.25) is 0 Å². The first-order valence-electron chi connectivity index (χ1n) is 9.88. The molecule has 8 nitrogen and oxygen atoms in total. The molecule has 33 heavy (non-hydrogen) atoms. The van der Waals surface area contributed by atoms with Crippen molar-refractivity contribution in [2.45, 2.75) is 11.8 Å². The molecule has 1 fully saturated rings. The zero-order valence-corrected chi connectivity index (χ0v) is 22.3. The van der Waals surface area contributed by atoms with Crippen molar-refractivity contribution in [2.75, 3.05) is 26.3 Å². The van der Waals surface area contributed by atoms with Crippen molar-refractivity contribution >= 4 is 65.1 Å². The number of ether oxygens (including phenoxy) is 1. The lowest BCUT2D eigenvalue weighted by molar-refractivity contribution is 0.0730. The molecular weight excluding hydrogens is 596 g/mol. The number of aromatic nitrogens is 1. The Bertz CT molecular complexity index is 1360. The van der Waals surface area contributed by atoms with Gasteiger partial charge >= 0.3 is 0 Å². The van der Waals surface area contributed by atoms with E-state index in [0.29, 0.717) is 46.8 Å². The lowest BCUT2D eigenvalue weighted by atomic mass is 10.2. The van der Waals surface area contributed by atoms with E-state index in [1.54, 1.807) is 47.3 Å². The van der Waals surface area contributed by atoms with Crippen LogP contribution in [0.2, 0.25) is 0 Å². The van der Waals surface area contributed by atoms with E-state index in [0.717, 1.165) is 10.2 Å². The number of thiazole rings is 1. The van der Waals surface area contributed by atoms with Crippen molar-refractivity contribution in [1.29, 1.82) is 0 Å². The third-order valence-corrected chi connectivity index (χ3v) is 8.80. The second-order valence-corrected chi connectivity index (χ2v) is 11.7. The van der Waals surface area contributed by atoms with Gasteiger partial charge in [0.15, 0.2) is 0 Å². The van der Waals surface area contributed by atoms with Gasteiger partial charge in [-0.05, 0) is 59.3 Å². The first kappa shape index (κ1) is 24.3. The quantitative estimate of drug-likeness (QED) is 0.435. The van der Waals surface area contributed by atoms with Gasteiger partial charge in [0.05, 0.1) is 40.2 Å². The lowest BCUT2D eigenvalue weighted by Crippen LogP contribution is -2.40. The van der Waals surface area contributed by atoms with Crippen LogP contribution in [0.3, 0.4) is 0 Å². The number of morpholine rings is 1. The van der Waals surface area contributed by atoms with Crippen molar-refractivity contribution in [1.82, 2.24) is 8.98 Å². The van der Waals surface area contributed by atoms with Crippen molar-refractivity contribution in [3.63, 3.8) is 0 Å². The minimum atomic E-state index is -3.55. The van der Waals surface area contributed by atoms with Crippen LogP contribution in [0.4, 0.5) is 5.69 Å². The zero-order chi connectivity index (χ0) is 23.6. The standard InChI is InChI=1S/C21H20Br2N4O4S2/c1-14-13-32-21(27(14)24-12-15-10-16(22)11-19(23)20(15)28)25-17-2-4-18(5-3-17)33(29,30)26-6-8-31-9-7-26/h2-5,10-13,28H,6-9H2,1H3. The van der Waals surface area contributed by atoms with Crippen LogP contribution in [0, 0.1) is 6.92 Å². The van der Waals surface area contributed by atoms with E-state index < -0.39 is 10.0 Å². The summed E-state index contributed by atoms with van der Waals surface area (Å²) in [5.74, 6) is 0.0889. The van der Waals surface area contributed by atoms with Crippen LogP contribution in [0.1, 0.15) is 11.3 Å². The maximum atomic E-state index is 12.8. The number of sulfonamides is 1. The highest BCUT2D eigenvalue weighted by Crippen LogP contribution is 2.30. The fourth-order valence-corrected chi connectivity index (χ4v) is 6.64. The molecule has 3 aromatic rings. The van der Waals surface area contributed by atoms with Gasteiger partial charge in [0.2, 0.25) is 14.8 Å². The Morgan fingerprint density at radius 2 is 1.85 bits per heavy atom. The van der Waals surface area contributed by atoms with Crippen molar-refractivity contribution in [3.05, 3.63) is 66.8 Å². The number of hydrogen-bond acceptors (Lipinski definition) is 7. The number of rotatable bonds is 5. The van der Waals surface area contributed by atoms with E-state index in [1.165, 1.54) is 15.6 Å². The highest BCUT2D eigenvalue weighted by Gasteiger charge is 2.26. The molecule has 0 unspecified atom stereocenters. The van der Waals surface area contributed by atoms with Crippen LogP contribution in [-0.2, 0) is 14.8 Å². The van der Waals surface area contributed by atoms with E-state index in [4.69, 9.17) is 4.74 Å². The molecule has 4 rings (SSSR count). The number of benzene rings is 2. The monoisotopic (exact) mass is 614 g/mol. The molecule has 174 valence electrons. The number of aryl methyl sites for hydroxylation is 1. The molecule has 0 spiro atoms. The molecule has 0 atom stereocenters. The predicted octanol–water partition coefficient (Wildman–Crippen LogP) is 4.22. The Morgan fingerprint density at radius 3 is 2.55 bits per heavy atom. The van der Waals surface area contributed by atoms with E-state index in [2.05, 4.69) is 42.0 Å². The van der Waals surface area contributed by atoms with Gasteiger partial charge in [0, 0.05) is 28.5 Å². The summed E-state index contributed by atoms with van der Waals surface area (Å²) >= 11 is 8.13. The number of aromatic hydroxyl groups is 1. The number of nitrogens with zero attached hydrogens (tertiary/aromatic N) is 4. The van der Waals surface area contributed by atoms with Crippen LogP contribution in [-0.4, -0.2) is 55.0 Å². The van der Waals surface area contributed by atoms with E-state index >= 15 is 0 Å². The van der Waals surface area contributed by atoms with Gasteiger partial charge in [0.25, 0.3) is 0 Å². The molecule has 2 heterocycles. The molecule has 1 aromatic heterocycles. The van der Waals surface area contributed by atoms with E-state index in [-0.39, 0.29) is 10.6 Å². The Hall–Kier alpha value is -1.83. The third kappa shape index (κ3) is 5.47. The van der Waals surface area contributed by atoms with Crippen LogP contribution in [0.5, 0.6) is 5.75 Å². The second kappa shape index (κ2) is 10.2. The summed E-state index contributed by atoms with van der Waals surface area (Å²) in [6.07, 6.45) is 1.56. The summed E-state index contributed by atoms with van der Waals surface area (Å²) in [5, 5.41) is 16.7. The summed E-state index contributed by atoms with van der Waals surface area (Å²) in [6, 6.07) is 9.99. The number of phenols is 1. The summed E-state index contributed by atoms with van der Waals surface area (Å²) in [5.41, 5.74) is 2.02. The number of halogens is 2. The molecule has 2 aromatic carbocycles. The van der Waals surface area contributed by atoms with Gasteiger partial charge < -0.3 is 9.84 Å². The maximum Gasteiger partial charge on any atom is 0.243 e. The zero-order valence-electron chi connectivity index (χ0n) is 17.5. The third-order valence-electron chi connectivity index (χ3n) is 4.89. The van der Waals surface area contributed by atoms with Gasteiger partial charge in [-0.1, -0.05) is 15.9 Å². The molecule has 12 heteroatoms. The van der Waals surface area contributed by atoms with Gasteiger partial charge in [-0.15, -0.1) is 11.3 Å². The first-order chi connectivity index (χ1) is 15.8. The Morgan fingerprint density at radius 1 is 1.15 bits per heavy atom. The molecule has 0 aliphatic carbocycles. The number of hydrogen-bond donors (Lipinski definition) is 1. The van der Waals surface area contributed by atoms with Gasteiger partial charge in [0.1, 0.15) is 5.75 Å². The van der Waals surface area contributed by atoms with E-state index in [1.807, 2.05) is 12.3 Å². The molecule has 1 aliphatic rings. The molecule has 0 radical (unpaired) electrons. The molecule has 1 aliphatic heterocycles. The minimum Gasteiger partial charge on any atom is -0.506 e. The van der Waals surface area contributed by atoms with Crippen molar-refractivity contribution < 1.29 is 18.3 Å². The van der Waals surface area contributed by atoms with Crippen LogP contribution in [0.25, 0.3) is 0 Å². The van der Waals surface area contributed by atoms with Gasteiger partial charge in [-0.25, -0.2) is 18.1 Å². The Labute approximate surface area is 212 Å². The summed E-state index contributed by atoms with van der Waals surface area (Å²) in [6.45, 7) is 3.41. The molecular formula is C21H20Br2N4O4S2. The first-order valence-corrected chi connectivity index (χ1v) is 13.8. The van der Waals surface area contributed by atoms with Crippen LogP contribution >= 0.6 is 43.2 Å². The fraction of sp³-hybridized carbons (Fsp3) is 0.238. The van der Waals surface area contributed by atoms with E-state index in [9.17, 15) is 13.5 Å². The summed E-state index contributed by atoms with van der Waals surface area (Å²) in [7, 11) is -3.55. The smallest absolute Gasteiger partial charge is 0.243 e. The average Bonchev–Trinajstić information content (AvgIpc) is 3.15. The summed E-state index contributed by atoms with van der Waals surface area (Å²) in [4.78, 5) is 5.47. The molecule has 0 bridgehead atoms. The normalized spacial score (nSPS) is 16.0. The van der Waals surface area contributed by atoms with Crippen LogP contribution in [0.15, 0.2) is 65.7 Å². The van der Waals surface area contributed by atoms with Crippen molar-refractivity contribution in [3.8, 4) is 5.75 Å². The molecule has 1 N–H and O–H groups in total.